The Morgan fingerprint density at radius 2 is 2.33 bits per heavy atom. The lowest BCUT2D eigenvalue weighted by molar-refractivity contribution is 0.119. The van der Waals surface area contributed by atoms with Gasteiger partial charge in [0.15, 0.2) is 0 Å². The highest BCUT2D eigenvalue weighted by molar-refractivity contribution is 5.25. The van der Waals surface area contributed by atoms with Crippen LogP contribution < -0.4 is 4.74 Å². The Bertz CT molecular complexity index is 287. The third-order valence-corrected chi connectivity index (χ3v) is 2.11. The highest BCUT2D eigenvalue weighted by atomic mass is 16.5. The van der Waals surface area contributed by atoms with Gasteiger partial charge >= 0.3 is 0 Å². The zero-order chi connectivity index (χ0) is 11.1. The molecule has 1 atom stereocenters. The number of aliphatic hydroxyl groups is 1. The molecule has 0 saturated heterocycles. The average molecular weight is 209 g/mol. The van der Waals surface area contributed by atoms with E-state index in [1.165, 1.54) is 0 Å². The monoisotopic (exact) mass is 209 g/mol. The quantitative estimate of drug-likeness (QED) is 0.781. The summed E-state index contributed by atoms with van der Waals surface area (Å²) in [4.78, 5) is 4.17. The first kappa shape index (κ1) is 12.0. The van der Waals surface area contributed by atoms with E-state index in [0.29, 0.717) is 12.5 Å². The molecule has 1 aromatic heterocycles. The van der Waals surface area contributed by atoms with E-state index in [1.807, 2.05) is 12.1 Å². The van der Waals surface area contributed by atoms with Crippen molar-refractivity contribution in [1.82, 2.24) is 4.98 Å². The van der Waals surface area contributed by atoms with Gasteiger partial charge in [0.2, 0.25) is 5.88 Å². The fourth-order valence-corrected chi connectivity index (χ4v) is 1.31. The van der Waals surface area contributed by atoms with Crippen LogP contribution in [0.4, 0.5) is 0 Å². The van der Waals surface area contributed by atoms with Gasteiger partial charge in [-0.1, -0.05) is 19.4 Å². The Morgan fingerprint density at radius 1 is 1.53 bits per heavy atom. The van der Waals surface area contributed by atoms with E-state index in [2.05, 4.69) is 11.9 Å². The summed E-state index contributed by atoms with van der Waals surface area (Å²) in [6.45, 7) is 4.16. The van der Waals surface area contributed by atoms with Crippen molar-refractivity contribution in [3.05, 3.63) is 23.9 Å². The highest BCUT2D eigenvalue weighted by Gasteiger charge is 2.05. The fraction of sp³-hybridized carbons (Fsp3) is 0.583. The number of rotatable bonds is 6. The topological polar surface area (TPSA) is 42.4 Å². The maximum atomic E-state index is 9.13. The maximum absolute atomic E-state index is 9.13. The first-order valence-electron chi connectivity index (χ1n) is 5.48. The van der Waals surface area contributed by atoms with Gasteiger partial charge in [-0.2, -0.15) is 0 Å². The molecule has 0 aliphatic carbocycles. The Hall–Kier alpha value is -1.09. The molecule has 3 heteroatoms. The summed E-state index contributed by atoms with van der Waals surface area (Å²) in [6.07, 6.45) is 4.54. The Balaban J connectivity index is 2.59. The van der Waals surface area contributed by atoms with Crippen LogP contribution in [-0.2, 0) is 6.42 Å². The van der Waals surface area contributed by atoms with Gasteiger partial charge in [-0.15, -0.1) is 0 Å². The molecule has 0 aromatic carbocycles. The van der Waals surface area contributed by atoms with Gasteiger partial charge in [0.05, 0.1) is 6.10 Å². The van der Waals surface area contributed by atoms with Crippen LogP contribution in [0.5, 0.6) is 5.88 Å². The van der Waals surface area contributed by atoms with Gasteiger partial charge in [0.1, 0.15) is 6.61 Å². The van der Waals surface area contributed by atoms with Crippen LogP contribution in [0.2, 0.25) is 0 Å². The second-order valence-corrected chi connectivity index (χ2v) is 3.73. The largest absolute Gasteiger partial charge is 0.475 e. The molecule has 15 heavy (non-hydrogen) atoms. The van der Waals surface area contributed by atoms with E-state index < -0.39 is 6.10 Å². The third-order valence-electron chi connectivity index (χ3n) is 2.11. The molecule has 1 aromatic rings. The van der Waals surface area contributed by atoms with Gasteiger partial charge in [-0.3, -0.25) is 0 Å². The van der Waals surface area contributed by atoms with Crippen molar-refractivity contribution in [2.75, 3.05) is 6.61 Å². The fourth-order valence-electron chi connectivity index (χ4n) is 1.31. The number of unbranched alkanes of at least 4 members (excludes halogenated alkanes) is 1. The zero-order valence-corrected chi connectivity index (χ0v) is 9.44. The van der Waals surface area contributed by atoms with Gasteiger partial charge in [-0.05, 0) is 25.8 Å². The van der Waals surface area contributed by atoms with Crippen LogP contribution >= 0.6 is 0 Å². The number of hydrogen-bond donors (Lipinski definition) is 1. The molecule has 0 bridgehead atoms. The lowest BCUT2D eigenvalue weighted by Gasteiger charge is -2.10. The highest BCUT2D eigenvalue weighted by Crippen LogP contribution is 2.16. The summed E-state index contributed by atoms with van der Waals surface area (Å²) in [6, 6.07) is 3.94. The van der Waals surface area contributed by atoms with Crippen molar-refractivity contribution in [2.24, 2.45) is 0 Å². The molecule has 1 rings (SSSR count). The van der Waals surface area contributed by atoms with E-state index in [1.54, 1.807) is 13.1 Å². The molecule has 0 amide bonds. The van der Waals surface area contributed by atoms with E-state index >= 15 is 0 Å². The minimum atomic E-state index is -0.453. The first-order valence-corrected chi connectivity index (χ1v) is 5.48. The lowest BCUT2D eigenvalue weighted by atomic mass is 10.1. The maximum Gasteiger partial charge on any atom is 0.216 e. The van der Waals surface area contributed by atoms with Crippen molar-refractivity contribution in [3.63, 3.8) is 0 Å². The van der Waals surface area contributed by atoms with Crippen LogP contribution in [0.15, 0.2) is 18.3 Å². The number of aryl methyl sites for hydroxylation is 1. The number of aliphatic hydroxyl groups excluding tert-OH is 1. The van der Waals surface area contributed by atoms with Crippen LogP contribution in [0.25, 0.3) is 0 Å². The number of nitrogens with zero attached hydrogens (tertiary/aromatic N) is 1. The van der Waals surface area contributed by atoms with Crippen LogP contribution in [0.1, 0.15) is 32.3 Å². The second kappa shape index (κ2) is 6.40. The predicted octanol–water partition coefficient (Wildman–Crippen LogP) is 2.18. The summed E-state index contributed by atoms with van der Waals surface area (Å²) < 4.78 is 5.43. The van der Waals surface area contributed by atoms with Crippen molar-refractivity contribution >= 4 is 0 Å². The summed E-state index contributed by atoms with van der Waals surface area (Å²) in [7, 11) is 0. The molecule has 0 aliphatic rings. The molecule has 0 fully saturated rings. The minimum absolute atomic E-state index is 0.302. The predicted molar refractivity (Wildman–Crippen MR) is 60.0 cm³/mol. The summed E-state index contributed by atoms with van der Waals surface area (Å²) in [5.41, 5.74) is 1.13. The second-order valence-electron chi connectivity index (χ2n) is 3.73. The van der Waals surface area contributed by atoms with Crippen molar-refractivity contribution in [3.8, 4) is 5.88 Å². The molecular formula is C12H19NO2. The molecule has 0 radical (unpaired) electrons. The number of ether oxygens (including phenoxy) is 1. The van der Waals surface area contributed by atoms with Gasteiger partial charge < -0.3 is 9.84 Å². The van der Waals surface area contributed by atoms with Crippen molar-refractivity contribution in [2.45, 2.75) is 39.2 Å². The molecule has 84 valence electrons. The Labute approximate surface area is 91.1 Å². The summed E-state index contributed by atoms with van der Waals surface area (Å²) >= 11 is 0. The Kier molecular flexibility index (Phi) is 5.12. The van der Waals surface area contributed by atoms with Crippen LogP contribution in [0.3, 0.4) is 0 Å². The van der Waals surface area contributed by atoms with Gasteiger partial charge in [0.25, 0.3) is 0 Å². The van der Waals surface area contributed by atoms with E-state index in [4.69, 9.17) is 9.84 Å². The van der Waals surface area contributed by atoms with Crippen LogP contribution in [-0.4, -0.2) is 22.8 Å². The number of pyridine rings is 1. The molecule has 0 aliphatic heterocycles. The third kappa shape index (κ3) is 4.30. The first-order chi connectivity index (χ1) is 7.24. The molecule has 1 N–H and O–H groups in total. The zero-order valence-electron chi connectivity index (χ0n) is 9.44. The van der Waals surface area contributed by atoms with Gasteiger partial charge in [0, 0.05) is 11.8 Å². The normalized spacial score (nSPS) is 12.5. The summed E-state index contributed by atoms with van der Waals surface area (Å²) in [5.74, 6) is 0.659. The Morgan fingerprint density at radius 3 is 3.00 bits per heavy atom. The lowest BCUT2D eigenvalue weighted by Crippen LogP contribution is -2.14. The molecule has 1 heterocycles. The smallest absolute Gasteiger partial charge is 0.216 e. The van der Waals surface area contributed by atoms with Crippen molar-refractivity contribution in [1.29, 1.82) is 0 Å². The van der Waals surface area contributed by atoms with E-state index in [-0.39, 0.29) is 0 Å². The van der Waals surface area contributed by atoms with E-state index in [0.717, 1.165) is 24.8 Å². The standard InChI is InChI=1S/C12H19NO2/c1-3-4-6-11-7-5-8-13-12(11)15-9-10(2)14/h5,7-8,10,14H,3-4,6,9H2,1-2H3. The minimum Gasteiger partial charge on any atom is -0.475 e. The van der Waals surface area contributed by atoms with Crippen LogP contribution in [0, 0.1) is 0 Å². The molecule has 0 saturated carbocycles. The van der Waals surface area contributed by atoms with E-state index in [9.17, 15) is 0 Å². The SMILES string of the molecule is CCCCc1cccnc1OCC(C)O. The van der Waals surface area contributed by atoms with Crippen molar-refractivity contribution < 1.29 is 9.84 Å². The molecule has 1 unspecified atom stereocenters. The summed E-state index contributed by atoms with van der Waals surface area (Å²) in [5, 5.41) is 9.13. The number of hydrogen-bond acceptors (Lipinski definition) is 3. The van der Waals surface area contributed by atoms with Gasteiger partial charge in [-0.25, -0.2) is 4.98 Å². The molecular weight excluding hydrogens is 190 g/mol. The molecule has 3 nitrogen and oxygen atoms in total. The average Bonchev–Trinajstić information content (AvgIpc) is 2.24. The molecule has 0 spiro atoms. The number of aromatic nitrogens is 1.